The van der Waals surface area contributed by atoms with Crippen LogP contribution >= 0.6 is 27.5 Å². The lowest BCUT2D eigenvalue weighted by Gasteiger charge is -2.03. The quantitative estimate of drug-likeness (QED) is 0.926. The molecule has 2 rings (SSSR count). The molecular weight excluding hydrogens is 289 g/mol. The maximum atomic E-state index is 6.18. The molecule has 0 saturated heterocycles. The highest BCUT2D eigenvalue weighted by Gasteiger charge is 2.12. The molecule has 0 aliphatic carbocycles. The topological polar surface area (TPSA) is 43.8 Å². The third-order valence-corrected chi connectivity index (χ3v) is 3.12. The van der Waals surface area contributed by atoms with Crippen molar-refractivity contribution in [3.63, 3.8) is 0 Å². The van der Waals surface area contributed by atoms with Gasteiger partial charge >= 0.3 is 0 Å². The van der Waals surface area contributed by atoms with E-state index in [1.54, 1.807) is 4.68 Å². The van der Waals surface area contributed by atoms with Crippen LogP contribution in [-0.4, -0.2) is 9.78 Å². The summed E-state index contributed by atoms with van der Waals surface area (Å²) in [6.45, 7) is 0.454. The fraction of sp³-hybridized carbons (Fsp3) is 0.182. The van der Waals surface area contributed by atoms with E-state index in [-0.39, 0.29) is 0 Å². The third kappa shape index (κ3) is 2.14. The molecule has 3 nitrogen and oxygen atoms in total. The van der Waals surface area contributed by atoms with Crippen LogP contribution in [0.4, 0.5) is 0 Å². The van der Waals surface area contributed by atoms with Gasteiger partial charge in [0.2, 0.25) is 0 Å². The van der Waals surface area contributed by atoms with E-state index in [1.165, 1.54) is 0 Å². The minimum absolute atomic E-state index is 0.454. The zero-order valence-corrected chi connectivity index (χ0v) is 11.1. The van der Waals surface area contributed by atoms with Gasteiger partial charge in [0.1, 0.15) is 0 Å². The van der Waals surface area contributed by atoms with Gasteiger partial charge in [-0.05, 0) is 12.1 Å². The predicted octanol–water partition coefficient (Wildman–Crippen LogP) is 2.96. The van der Waals surface area contributed by atoms with Gasteiger partial charge in [-0.1, -0.05) is 33.6 Å². The van der Waals surface area contributed by atoms with Gasteiger partial charge in [0.05, 0.1) is 10.7 Å². The Morgan fingerprint density at radius 1 is 1.50 bits per heavy atom. The second-order valence-electron chi connectivity index (χ2n) is 3.50. The van der Waals surface area contributed by atoms with Crippen LogP contribution in [0.1, 0.15) is 5.56 Å². The van der Waals surface area contributed by atoms with Crippen molar-refractivity contribution in [2.75, 3.05) is 0 Å². The maximum absolute atomic E-state index is 6.18. The van der Waals surface area contributed by atoms with Gasteiger partial charge in [-0.3, -0.25) is 4.68 Å². The Morgan fingerprint density at radius 2 is 2.25 bits per heavy atom. The Labute approximate surface area is 107 Å². The van der Waals surface area contributed by atoms with Crippen molar-refractivity contribution >= 4 is 27.5 Å². The van der Waals surface area contributed by atoms with E-state index in [1.807, 2.05) is 31.4 Å². The Kier molecular flexibility index (Phi) is 3.33. The summed E-state index contributed by atoms with van der Waals surface area (Å²) < 4.78 is 2.70. The second kappa shape index (κ2) is 4.57. The lowest BCUT2D eigenvalue weighted by molar-refractivity contribution is 0.769. The molecule has 0 amide bonds. The van der Waals surface area contributed by atoms with Crippen LogP contribution in [-0.2, 0) is 13.6 Å². The largest absolute Gasteiger partial charge is 0.326 e. The average Bonchev–Trinajstić information content (AvgIpc) is 2.59. The number of aromatic nitrogens is 2. The molecule has 0 aliphatic rings. The fourth-order valence-corrected chi connectivity index (χ4v) is 2.36. The molecule has 0 bridgehead atoms. The Hall–Kier alpha value is -0.840. The number of aryl methyl sites for hydroxylation is 1. The van der Waals surface area contributed by atoms with Crippen molar-refractivity contribution in [1.29, 1.82) is 0 Å². The normalized spacial score (nSPS) is 10.8. The van der Waals surface area contributed by atoms with E-state index in [9.17, 15) is 0 Å². The summed E-state index contributed by atoms with van der Waals surface area (Å²) in [5.41, 5.74) is 8.43. The summed E-state index contributed by atoms with van der Waals surface area (Å²) in [4.78, 5) is 0. The highest BCUT2D eigenvalue weighted by Crippen LogP contribution is 2.31. The number of hydrogen-bond acceptors (Lipinski definition) is 2. The van der Waals surface area contributed by atoms with Crippen molar-refractivity contribution < 1.29 is 0 Å². The first-order valence-corrected chi connectivity index (χ1v) is 5.97. The Balaban J connectivity index is 2.57. The molecule has 0 aliphatic heterocycles. The molecule has 0 saturated carbocycles. The number of nitrogens with zero attached hydrogens (tertiary/aromatic N) is 2. The van der Waals surface area contributed by atoms with Gasteiger partial charge in [-0.15, -0.1) is 0 Å². The zero-order chi connectivity index (χ0) is 11.7. The number of halogens is 2. The molecule has 0 unspecified atom stereocenters. The first kappa shape index (κ1) is 11.6. The van der Waals surface area contributed by atoms with Gasteiger partial charge in [-0.25, -0.2) is 0 Å². The molecule has 1 heterocycles. The molecule has 16 heavy (non-hydrogen) atoms. The van der Waals surface area contributed by atoms with Gasteiger partial charge in [-0.2, -0.15) is 5.10 Å². The molecule has 0 fully saturated rings. The SMILES string of the molecule is Cn1cc(CN)c(-c2ccc(Br)cc2Cl)n1. The number of nitrogens with two attached hydrogens (primary N) is 1. The first-order chi connectivity index (χ1) is 7.61. The fourth-order valence-electron chi connectivity index (χ4n) is 1.60. The lowest BCUT2D eigenvalue weighted by atomic mass is 10.1. The molecule has 5 heteroatoms. The highest BCUT2D eigenvalue weighted by molar-refractivity contribution is 9.10. The Bertz CT molecular complexity index is 522. The van der Waals surface area contributed by atoms with E-state index in [0.29, 0.717) is 11.6 Å². The van der Waals surface area contributed by atoms with Crippen LogP contribution in [0.25, 0.3) is 11.3 Å². The van der Waals surface area contributed by atoms with Crippen molar-refractivity contribution in [2.24, 2.45) is 12.8 Å². The molecule has 2 N–H and O–H groups in total. The third-order valence-electron chi connectivity index (χ3n) is 2.31. The van der Waals surface area contributed by atoms with Gasteiger partial charge < -0.3 is 5.73 Å². The van der Waals surface area contributed by atoms with Crippen LogP contribution in [0.15, 0.2) is 28.9 Å². The van der Waals surface area contributed by atoms with Crippen molar-refractivity contribution in [3.05, 3.63) is 39.5 Å². The van der Waals surface area contributed by atoms with E-state index in [4.69, 9.17) is 17.3 Å². The van der Waals surface area contributed by atoms with Gasteiger partial charge in [0.25, 0.3) is 0 Å². The summed E-state index contributed by atoms with van der Waals surface area (Å²) in [7, 11) is 1.87. The van der Waals surface area contributed by atoms with Crippen molar-refractivity contribution in [1.82, 2.24) is 9.78 Å². The van der Waals surface area contributed by atoms with E-state index >= 15 is 0 Å². The lowest BCUT2D eigenvalue weighted by Crippen LogP contribution is -1.96. The smallest absolute Gasteiger partial charge is 0.0982 e. The van der Waals surface area contributed by atoms with Crippen LogP contribution in [0.3, 0.4) is 0 Å². The van der Waals surface area contributed by atoms with Crippen LogP contribution in [0, 0.1) is 0 Å². The zero-order valence-electron chi connectivity index (χ0n) is 8.74. The Morgan fingerprint density at radius 3 is 2.88 bits per heavy atom. The average molecular weight is 301 g/mol. The number of hydrogen-bond donors (Lipinski definition) is 1. The molecular formula is C11H11BrClN3. The van der Waals surface area contributed by atoms with E-state index in [2.05, 4.69) is 21.0 Å². The summed E-state index contributed by atoms with van der Waals surface area (Å²) >= 11 is 9.56. The number of rotatable bonds is 2. The molecule has 84 valence electrons. The highest BCUT2D eigenvalue weighted by atomic mass is 79.9. The molecule has 0 atom stereocenters. The van der Waals surface area contributed by atoms with Crippen LogP contribution < -0.4 is 5.73 Å². The monoisotopic (exact) mass is 299 g/mol. The number of benzene rings is 1. The van der Waals surface area contributed by atoms with E-state index < -0.39 is 0 Å². The van der Waals surface area contributed by atoms with Crippen LogP contribution in [0.5, 0.6) is 0 Å². The maximum Gasteiger partial charge on any atom is 0.0982 e. The minimum atomic E-state index is 0.454. The first-order valence-electron chi connectivity index (χ1n) is 4.80. The summed E-state index contributed by atoms with van der Waals surface area (Å²) in [5, 5.41) is 5.05. The minimum Gasteiger partial charge on any atom is -0.326 e. The summed E-state index contributed by atoms with van der Waals surface area (Å²) in [5.74, 6) is 0. The van der Waals surface area contributed by atoms with Gasteiger partial charge in [0.15, 0.2) is 0 Å². The van der Waals surface area contributed by atoms with Gasteiger partial charge in [0, 0.05) is 35.4 Å². The molecule has 1 aromatic heterocycles. The van der Waals surface area contributed by atoms with Crippen molar-refractivity contribution in [2.45, 2.75) is 6.54 Å². The second-order valence-corrected chi connectivity index (χ2v) is 4.83. The predicted molar refractivity (Wildman–Crippen MR) is 69.2 cm³/mol. The summed E-state index contributed by atoms with van der Waals surface area (Å²) in [6, 6.07) is 5.73. The van der Waals surface area contributed by atoms with E-state index in [0.717, 1.165) is 21.3 Å². The molecule has 2 aromatic rings. The molecule has 1 aromatic carbocycles. The summed E-state index contributed by atoms with van der Waals surface area (Å²) in [6.07, 6.45) is 1.91. The molecule has 0 spiro atoms. The standard InChI is InChI=1S/C11H11BrClN3/c1-16-6-7(5-14)11(15-16)9-3-2-8(12)4-10(9)13/h2-4,6H,5,14H2,1H3. The van der Waals surface area contributed by atoms with Crippen LogP contribution in [0.2, 0.25) is 5.02 Å². The van der Waals surface area contributed by atoms with Crippen molar-refractivity contribution in [3.8, 4) is 11.3 Å². The molecule has 0 radical (unpaired) electrons.